The zero-order valence-corrected chi connectivity index (χ0v) is 12.2. The van der Waals surface area contributed by atoms with E-state index >= 15 is 0 Å². The van der Waals surface area contributed by atoms with Gasteiger partial charge >= 0.3 is 0 Å². The summed E-state index contributed by atoms with van der Waals surface area (Å²) in [7, 11) is 0. The van der Waals surface area contributed by atoms with E-state index in [1.165, 1.54) is 6.20 Å². The number of anilines is 1. The number of nitrogens with zero attached hydrogens (tertiary/aromatic N) is 1. The topological polar surface area (TPSA) is 86.9 Å². The maximum atomic E-state index is 12.1. The molecule has 0 radical (unpaired) electrons. The lowest BCUT2D eigenvalue weighted by molar-refractivity contribution is 0.0941. The van der Waals surface area contributed by atoms with Gasteiger partial charge in [-0.3, -0.25) is 14.7 Å². The molecule has 21 heavy (non-hydrogen) atoms. The van der Waals surface area contributed by atoms with Gasteiger partial charge in [0.15, 0.2) is 0 Å². The molecule has 1 aromatic carbocycles. The number of aromatic amines is 1. The van der Waals surface area contributed by atoms with Crippen LogP contribution in [-0.4, -0.2) is 28.1 Å². The van der Waals surface area contributed by atoms with Gasteiger partial charge in [0, 0.05) is 23.0 Å². The minimum absolute atomic E-state index is 0.0596. The van der Waals surface area contributed by atoms with E-state index in [1.54, 1.807) is 31.2 Å². The van der Waals surface area contributed by atoms with Gasteiger partial charge in [0.1, 0.15) is 0 Å². The summed E-state index contributed by atoms with van der Waals surface area (Å²) in [4.78, 5) is 24.0. The molecular weight excluding hydrogens is 268 g/mol. The lowest BCUT2D eigenvalue weighted by Gasteiger charge is -2.10. The fourth-order valence-electron chi connectivity index (χ4n) is 1.86. The number of amides is 2. The van der Waals surface area contributed by atoms with Crippen molar-refractivity contribution in [1.29, 1.82) is 0 Å². The lowest BCUT2D eigenvalue weighted by Crippen LogP contribution is -2.30. The van der Waals surface area contributed by atoms with Gasteiger partial charge in [-0.05, 0) is 39.0 Å². The van der Waals surface area contributed by atoms with Crippen LogP contribution >= 0.6 is 0 Å². The molecule has 0 unspecified atom stereocenters. The highest BCUT2D eigenvalue weighted by Crippen LogP contribution is 2.13. The number of aryl methyl sites for hydroxylation is 1. The predicted octanol–water partition coefficient (Wildman–Crippen LogP) is 2.11. The van der Waals surface area contributed by atoms with Gasteiger partial charge in [0.05, 0.1) is 11.8 Å². The van der Waals surface area contributed by atoms with E-state index in [2.05, 4.69) is 20.8 Å². The summed E-state index contributed by atoms with van der Waals surface area (Å²) in [5.74, 6) is -0.428. The second kappa shape index (κ2) is 6.21. The minimum atomic E-state index is -0.261. The van der Waals surface area contributed by atoms with Crippen molar-refractivity contribution in [2.75, 3.05) is 5.32 Å². The second-order valence-corrected chi connectivity index (χ2v) is 5.07. The third kappa shape index (κ3) is 3.68. The Bertz CT molecular complexity index is 661. The molecule has 2 rings (SSSR count). The third-order valence-electron chi connectivity index (χ3n) is 2.88. The first kappa shape index (κ1) is 14.8. The van der Waals surface area contributed by atoms with Crippen molar-refractivity contribution in [3.05, 3.63) is 47.3 Å². The molecule has 0 aliphatic carbocycles. The molecule has 6 heteroatoms. The van der Waals surface area contributed by atoms with Gasteiger partial charge in [0.2, 0.25) is 0 Å². The molecule has 110 valence electrons. The Hall–Kier alpha value is -2.63. The zero-order chi connectivity index (χ0) is 15.4. The van der Waals surface area contributed by atoms with Crippen LogP contribution in [0.5, 0.6) is 0 Å². The molecule has 0 bridgehead atoms. The quantitative estimate of drug-likeness (QED) is 0.804. The number of hydrogen-bond acceptors (Lipinski definition) is 3. The van der Waals surface area contributed by atoms with Crippen LogP contribution in [0.3, 0.4) is 0 Å². The smallest absolute Gasteiger partial charge is 0.259 e. The van der Waals surface area contributed by atoms with E-state index in [4.69, 9.17) is 0 Å². The Labute approximate surface area is 122 Å². The van der Waals surface area contributed by atoms with Gasteiger partial charge in [-0.2, -0.15) is 5.10 Å². The molecule has 0 spiro atoms. The van der Waals surface area contributed by atoms with Crippen LogP contribution in [0.4, 0.5) is 5.69 Å². The summed E-state index contributed by atoms with van der Waals surface area (Å²) in [6.45, 7) is 5.56. The van der Waals surface area contributed by atoms with Crippen LogP contribution in [0.25, 0.3) is 0 Å². The summed E-state index contributed by atoms with van der Waals surface area (Å²) in [5.41, 5.74) is 2.25. The standard InChI is InChI=1S/C15H18N4O2/c1-9(2)17-14(20)11-5-4-6-12(7-11)18-15(21)13-8-16-19-10(13)3/h4-9H,1-3H3,(H,16,19)(H,17,20)(H,18,21). The van der Waals surface area contributed by atoms with E-state index in [0.717, 1.165) is 0 Å². The summed E-state index contributed by atoms with van der Waals surface area (Å²) < 4.78 is 0. The number of benzene rings is 1. The van der Waals surface area contributed by atoms with Crippen molar-refractivity contribution in [3.63, 3.8) is 0 Å². The highest BCUT2D eigenvalue weighted by Gasteiger charge is 2.12. The van der Waals surface area contributed by atoms with Gasteiger partial charge < -0.3 is 10.6 Å². The maximum absolute atomic E-state index is 12.1. The molecule has 0 saturated carbocycles. The second-order valence-electron chi connectivity index (χ2n) is 5.07. The first-order valence-electron chi connectivity index (χ1n) is 6.69. The monoisotopic (exact) mass is 286 g/mol. The molecule has 0 aliphatic rings. The lowest BCUT2D eigenvalue weighted by atomic mass is 10.1. The minimum Gasteiger partial charge on any atom is -0.350 e. The Kier molecular flexibility index (Phi) is 4.37. The van der Waals surface area contributed by atoms with Gasteiger partial charge in [0.25, 0.3) is 11.8 Å². The van der Waals surface area contributed by atoms with Gasteiger partial charge in [-0.25, -0.2) is 0 Å². The van der Waals surface area contributed by atoms with Crippen LogP contribution in [-0.2, 0) is 0 Å². The Balaban J connectivity index is 2.13. The third-order valence-corrected chi connectivity index (χ3v) is 2.88. The summed E-state index contributed by atoms with van der Waals surface area (Å²) >= 11 is 0. The maximum Gasteiger partial charge on any atom is 0.259 e. The largest absolute Gasteiger partial charge is 0.350 e. The van der Waals surface area contributed by atoms with Crippen LogP contribution in [0.15, 0.2) is 30.5 Å². The molecule has 0 aliphatic heterocycles. The number of aromatic nitrogens is 2. The number of nitrogens with one attached hydrogen (secondary N) is 3. The molecule has 2 amide bonds. The molecule has 1 aromatic heterocycles. The van der Waals surface area contributed by atoms with Crippen LogP contribution in [0.2, 0.25) is 0 Å². The molecular formula is C15H18N4O2. The molecule has 2 aromatic rings. The van der Waals surface area contributed by atoms with Gasteiger partial charge in [-0.15, -0.1) is 0 Å². The molecule has 0 atom stereocenters. The number of carbonyl (C=O) groups is 2. The van der Waals surface area contributed by atoms with Crippen LogP contribution < -0.4 is 10.6 Å². The van der Waals surface area contributed by atoms with Gasteiger partial charge in [-0.1, -0.05) is 6.07 Å². The molecule has 0 saturated heterocycles. The zero-order valence-electron chi connectivity index (χ0n) is 12.2. The Morgan fingerprint density at radius 1 is 1.24 bits per heavy atom. The first-order valence-corrected chi connectivity index (χ1v) is 6.69. The van der Waals surface area contributed by atoms with E-state index in [9.17, 15) is 9.59 Å². The van der Waals surface area contributed by atoms with Crippen molar-refractivity contribution < 1.29 is 9.59 Å². The van der Waals surface area contributed by atoms with Crippen LogP contribution in [0, 0.1) is 6.92 Å². The van der Waals surface area contributed by atoms with Crippen molar-refractivity contribution in [2.45, 2.75) is 26.8 Å². The molecule has 1 heterocycles. The Morgan fingerprint density at radius 2 is 2.00 bits per heavy atom. The fourth-order valence-corrected chi connectivity index (χ4v) is 1.86. The summed E-state index contributed by atoms with van der Waals surface area (Å²) in [6, 6.07) is 6.87. The van der Waals surface area contributed by atoms with E-state index < -0.39 is 0 Å². The summed E-state index contributed by atoms with van der Waals surface area (Å²) in [6.07, 6.45) is 1.47. The summed E-state index contributed by atoms with van der Waals surface area (Å²) in [5, 5.41) is 12.1. The fraction of sp³-hybridized carbons (Fsp3) is 0.267. The van der Waals surface area contributed by atoms with Crippen LogP contribution in [0.1, 0.15) is 40.3 Å². The SMILES string of the molecule is Cc1[nH]ncc1C(=O)Nc1cccc(C(=O)NC(C)C)c1. The highest BCUT2D eigenvalue weighted by atomic mass is 16.2. The first-order chi connectivity index (χ1) is 9.97. The Morgan fingerprint density at radius 3 is 2.62 bits per heavy atom. The number of rotatable bonds is 4. The number of hydrogen-bond donors (Lipinski definition) is 3. The van der Waals surface area contributed by atoms with E-state index in [0.29, 0.717) is 22.5 Å². The van der Waals surface area contributed by atoms with Crippen molar-refractivity contribution in [3.8, 4) is 0 Å². The van der Waals surface area contributed by atoms with Crippen molar-refractivity contribution >= 4 is 17.5 Å². The van der Waals surface area contributed by atoms with Crippen molar-refractivity contribution in [1.82, 2.24) is 15.5 Å². The van der Waals surface area contributed by atoms with E-state index in [1.807, 2.05) is 13.8 Å². The van der Waals surface area contributed by atoms with E-state index in [-0.39, 0.29) is 17.9 Å². The molecule has 6 nitrogen and oxygen atoms in total. The highest BCUT2D eigenvalue weighted by molar-refractivity contribution is 6.05. The van der Waals surface area contributed by atoms with Crippen molar-refractivity contribution in [2.24, 2.45) is 0 Å². The average molecular weight is 286 g/mol. The average Bonchev–Trinajstić information content (AvgIpc) is 2.84. The normalized spacial score (nSPS) is 10.5. The number of carbonyl (C=O) groups excluding carboxylic acids is 2. The predicted molar refractivity (Wildman–Crippen MR) is 80.3 cm³/mol. The number of H-pyrrole nitrogens is 1. The molecule has 0 fully saturated rings. The molecule has 3 N–H and O–H groups in total.